The summed E-state index contributed by atoms with van der Waals surface area (Å²) in [4.78, 5) is 23.9. The molecule has 0 unspecified atom stereocenters. The third-order valence-corrected chi connectivity index (χ3v) is 4.04. The number of carbonyl (C=O) groups excluding carboxylic acids is 2. The molecular weight excluding hydrogens is 414 g/mol. The van der Waals surface area contributed by atoms with Crippen molar-refractivity contribution in [3.05, 3.63) is 58.0 Å². The zero-order valence-electron chi connectivity index (χ0n) is 13.3. The van der Waals surface area contributed by atoms with Crippen molar-refractivity contribution in [2.75, 3.05) is 11.9 Å². The van der Waals surface area contributed by atoms with Crippen LogP contribution in [0, 0.1) is 18.6 Å². The van der Waals surface area contributed by atoms with Crippen LogP contribution < -0.4 is 5.32 Å². The Kier molecular flexibility index (Phi) is 4.94. The summed E-state index contributed by atoms with van der Waals surface area (Å²) >= 11 is 2.95. The molecule has 10 heteroatoms. The van der Waals surface area contributed by atoms with Crippen LogP contribution in [0.2, 0.25) is 0 Å². The highest BCUT2D eigenvalue weighted by Crippen LogP contribution is 2.26. The summed E-state index contributed by atoms with van der Waals surface area (Å²) in [6.45, 7) is 1.08. The molecule has 1 N–H and O–H groups in total. The summed E-state index contributed by atoms with van der Waals surface area (Å²) in [5.41, 5.74) is 0.518. The van der Waals surface area contributed by atoms with Crippen LogP contribution in [0.3, 0.4) is 0 Å². The van der Waals surface area contributed by atoms with Crippen LogP contribution in [-0.4, -0.2) is 33.1 Å². The first-order chi connectivity index (χ1) is 12.3. The number of benzene rings is 1. The van der Waals surface area contributed by atoms with Crippen LogP contribution in [0.15, 0.2) is 34.9 Å². The number of halogens is 3. The first kappa shape index (κ1) is 17.9. The maximum absolute atomic E-state index is 13.7. The number of carbonyl (C=O) groups is 2. The van der Waals surface area contributed by atoms with E-state index in [1.807, 2.05) is 0 Å². The molecule has 1 aromatic carbocycles. The number of pyridine rings is 1. The number of fused-ring (bicyclic) bond motifs is 1. The number of anilines is 1. The average Bonchev–Trinajstić information content (AvgIpc) is 2.96. The van der Waals surface area contributed by atoms with Crippen LogP contribution in [0.4, 0.5) is 14.5 Å². The van der Waals surface area contributed by atoms with Gasteiger partial charge in [0.25, 0.3) is 5.91 Å². The minimum Gasteiger partial charge on any atom is -0.452 e. The Morgan fingerprint density at radius 2 is 2.04 bits per heavy atom. The van der Waals surface area contributed by atoms with Gasteiger partial charge in [-0.2, -0.15) is 0 Å². The number of ether oxygens (including phenoxy) is 1. The molecule has 0 radical (unpaired) electrons. The number of hydrogen-bond donors (Lipinski definition) is 1. The van der Waals surface area contributed by atoms with Gasteiger partial charge in [-0.3, -0.25) is 9.20 Å². The van der Waals surface area contributed by atoms with Crippen molar-refractivity contribution in [1.29, 1.82) is 0 Å². The zero-order valence-corrected chi connectivity index (χ0v) is 14.9. The topological polar surface area (TPSA) is 85.6 Å². The van der Waals surface area contributed by atoms with E-state index in [2.05, 4.69) is 31.4 Å². The van der Waals surface area contributed by atoms with Crippen molar-refractivity contribution < 1.29 is 23.1 Å². The molecule has 1 amide bonds. The zero-order chi connectivity index (χ0) is 18.8. The van der Waals surface area contributed by atoms with Crippen molar-refractivity contribution in [2.24, 2.45) is 0 Å². The van der Waals surface area contributed by atoms with Crippen LogP contribution in [0.1, 0.15) is 16.2 Å². The second-order valence-electron chi connectivity index (χ2n) is 5.26. The molecule has 0 bridgehead atoms. The van der Waals surface area contributed by atoms with E-state index in [0.717, 1.165) is 6.07 Å². The Morgan fingerprint density at radius 1 is 1.27 bits per heavy atom. The number of aromatic nitrogens is 3. The van der Waals surface area contributed by atoms with E-state index in [1.54, 1.807) is 17.4 Å². The van der Waals surface area contributed by atoms with Gasteiger partial charge in [-0.1, -0.05) is 0 Å². The van der Waals surface area contributed by atoms with E-state index in [4.69, 9.17) is 4.74 Å². The molecule has 0 saturated carbocycles. The third kappa shape index (κ3) is 3.69. The van der Waals surface area contributed by atoms with E-state index in [9.17, 15) is 18.4 Å². The molecule has 0 aliphatic rings. The van der Waals surface area contributed by atoms with E-state index in [0.29, 0.717) is 17.5 Å². The minimum atomic E-state index is -0.954. The van der Waals surface area contributed by atoms with Crippen LogP contribution in [0.25, 0.3) is 5.65 Å². The van der Waals surface area contributed by atoms with Gasteiger partial charge in [0.15, 0.2) is 18.1 Å². The van der Waals surface area contributed by atoms with Gasteiger partial charge in [-0.05, 0) is 41.1 Å². The molecule has 134 valence electrons. The first-order valence-corrected chi connectivity index (χ1v) is 8.07. The summed E-state index contributed by atoms with van der Waals surface area (Å²) in [6, 6.07) is 4.70. The highest BCUT2D eigenvalue weighted by atomic mass is 79.9. The monoisotopic (exact) mass is 424 g/mol. The molecule has 2 aromatic heterocycles. The molecule has 0 aliphatic heterocycles. The highest BCUT2D eigenvalue weighted by Gasteiger charge is 2.16. The fourth-order valence-electron chi connectivity index (χ4n) is 2.18. The number of nitrogens with one attached hydrogen (secondary N) is 1. The summed E-state index contributed by atoms with van der Waals surface area (Å²) in [5, 5.41) is 9.98. The average molecular weight is 425 g/mol. The Bertz CT molecular complexity index is 999. The molecule has 3 rings (SSSR count). The van der Waals surface area contributed by atoms with Gasteiger partial charge >= 0.3 is 5.97 Å². The van der Waals surface area contributed by atoms with Gasteiger partial charge in [0.05, 0.1) is 11.3 Å². The third-order valence-electron chi connectivity index (χ3n) is 3.41. The maximum atomic E-state index is 13.7. The van der Waals surface area contributed by atoms with Gasteiger partial charge in [0, 0.05) is 16.7 Å². The number of nitrogens with zero attached hydrogens (tertiary/aromatic N) is 3. The van der Waals surface area contributed by atoms with Crippen LogP contribution in [0.5, 0.6) is 0 Å². The second-order valence-corrected chi connectivity index (χ2v) is 6.12. The molecule has 0 spiro atoms. The molecule has 26 heavy (non-hydrogen) atoms. The van der Waals surface area contributed by atoms with Crippen molar-refractivity contribution in [3.8, 4) is 0 Å². The summed E-state index contributed by atoms with van der Waals surface area (Å²) in [6.07, 6.45) is 1.49. The van der Waals surface area contributed by atoms with Crippen LogP contribution in [-0.2, 0) is 9.53 Å². The first-order valence-electron chi connectivity index (χ1n) is 7.28. The second kappa shape index (κ2) is 7.16. The maximum Gasteiger partial charge on any atom is 0.340 e. The van der Waals surface area contributed by atoms with E-state index in [1.165, 1.54) is 12.3 Å². The predicted octanol–water partition coefficient (Wildman–Crippen LogP) is 2.87. The Morgan fingerprint density at radius 3 is 2.77 bits per heavy atom. The molecule has 7 nitrogen and oxygen atoms in total. The molecule has 3 aromatic rings. The lowest BCUT2D eigenvalue weighted by Crippen LogP contribution is -2.22. The van der Waals surface area contributed by atoms with Gasteiger partial charge in [-0.15, -0.1) is 10.2 Å². The van der Waals surface area contributed by atoms with Crippen molar-refractivity contribution >= 4 is 39.1 Å². The lowest BCUT2D eigenvalue weighted by molar-refractivity contribution is -0.119. The van der Waals surface area contributed by atoms with Crippen molar-refractivity contribution in [1.82, 2.24) is 14.6 Å². The number of esters is 1. The fourth-order valence-corrected chi connectivity index (χ4v) is 2.68. The molecule has 0 fully saturated rings. The lowest BCUT2D eigenvalue weighted by Gasteiger charge is -2.09. The minimum absolute atomic E-state index is 0.0308. The quantitative estimate of drug-likeness (QED) is 0.650. The molecular formula is C16H11BrF2N4O3. The molecule has 2 heterocycles. The van der Waals surface area contributed by atoms with E-state index < -0.39 is 30.1 Å². The van der Waals surface area contributed by atoms with Gasteiger partial charge < -0.3 is 10.1 Å². The predicted molar refractivity (Wildman–Crippen MR) is 90.7 cm³/mol. The lowest BCUT2D eigenvalue weighted by atomic mass is 10.3. The highest BCUT2D eigenvalue weighted by molar-refractivity contribution is 9.10. The SMILES string of the molecule is Cc1nnc2ccc(C(=O)OCC(=O)Nc3c(F)cc(F)cc3Br)cn12. The Balaban J connectivity index is 1.65. The Labute approximate surface area is 154 Å². The van der Waals surface area contributed by atoms with Crippen molar-refractivity contribution in [3.63, 3.8) is 0 Å². The largest absolute Gasteiger partial charge is 0.452 e. The Hall–Kier alpha value is -2.88. The summed E-state index contributed by atoms with van der Waals surface area (Å²) < 4.78 is 33.3. The number of aryl methyl sites for hydroxylation is 1. The number of amides is 1. The summed E-state index contributed by atoms with van der Waals surface area (Å²) in [7, 11) is 0. The smallest absolute Gasteiger partial charge is 0.340 e. The van der Waals surface area contributed by atoms with Gasteiger partial charge in [0.2, 0.25) is 0 Å². The standard InChI is InChI=1S/C16H11BrF2N4O3/c1-8-21-22-13-3-2-9(6-23(8)13)16(25)26-7-14(24)20-15-11(17)4-10(18)5-12(15)19/h2-6H,7H2,1H3,(H,20,24). The van der Waals surface area contributed by atoms with Crippen molar-refractivity contribution in [2.45, 2.75) is 6.92 Å². The number of hydrogen-bond acceptors (Lipinski definition) is 5. The number of rotatable bonds is 4. The normalized spacial score (nSPS) is 10.8. The van der Waals surface area contributed by atoms with Gasteiger partial charge in [-0.25, -0.2) is 13.6 Å². The fraction of sp³-hybridized carbons (Fsp3) is 0.125. The molecule has 0 aliphatic carbocycles. The summed E-state index contributed by atoms with van der Waals surface area (Å²) in [5.74, 6) is -2.67. The van der Waals surface area contributed by atoms with Gasteiger partial charge in [0.1, 0.15) is 11.6 Å². The molecule has 0 saturated heterocycles. The van der Waals surface area contributed by atoms with Crippen LogP contribution >= 0.6 is 15.9 Å². The molecule has 0 atom stereocenters. The van der Waals surface area contributed by atoms with E-state index >= 15 is 0 Å². The van der Waals surface area contributed by atoms with E-state index in [-0.39, 0.29) is 15.7 Å².